The molecule has 0 aliphatic carbocycles. The predicted molar refractivity (Wildman–Crippen MR) is 66.6 cm³/mol. The lowest BCUT2D eigenvalue weighted by molar-refractivity contribution is -0.153. The molecule has 0 radical (unpaired) electrons. The Balaban J connectivity index is 2.77. The number of benzene rings is 1. The second kappa shape index (κ2) is 6.60. The molecule has 0 saturated carbocycles. The summed E-state index contributed by atoms with van der Waals surface area (Å²) in [7, 11) is 1.58. The molecule has 1 rings (SSSR count). The first-order valence-electron chi connectivity index (χ1n) is 5.91. The smallest absolute Gasteiger partial charge is 0.422 e. The normalized spacial score (nSPS) is 13.3. The van der Waals surface area contributed by atoms with Crippen molar-refractivity contribution in [3.05, 3.63) is 29.8 Å². The standard InChI is InChI=1S/C13H16F3NO3/c1-9(12(18)19)17(2)7-10-5-3-4-6-11(10)20-8-13(14,15)16/h3-6,9H,7-8H2,1-2H3,(H,18,19). The van der Waals surface area contributed by atoms with Crippen molar-refractivity contribution in [3.63, 3.8) is 0 Å². The van der Waals surface area contributed by atoms with Gasteiger partial charge in [0.05, 0.1) is 0 Å². The number of hydrogen-bond donors (Lipinski definition) is 1. The molecule has 20 heavy (non-hydrogen) atoms. The second-order valence-corrected chi connectivity index (χ2v) is 4.44. The zero-order valence-corrected chi connectivity index (χ0v) is 11.1. The summed E-state index contributed by atoms with van der Waals surface area (Å²) in [6, 6.07) is 5.52. The van der Waals surface area contributed by atoms with Gasteiger partial charge >= 0.3 is 12.1 Å². The summed E-state index contributed by atoms with van der Waals surface area (Å²) < 4.78 is 41.2. The van der Waals surface area contributed by atoms with E-state index in [1.165, 1.54) is 17.9 Å². The topological polar surface area (TPSA) is 49.8 Å². The molecule has 0 aromatic heterocycles. The molecule has 0 aliphatic rings. The maximum Gasteiger partial charge on any atom is 0.422 e. The van der Waals surface area contributed by atoms with E-state index in [1.54, 1.807) is 25.2 Å². The van der Waals surface area contributed by atoms with Crippen LogP contribution >= 0.6 is 0 Å². The van der Waals surface area contributed by atoms with Gasteiger partial charge < -0.3 is 9.84 Å². The van der Waals surface area contributed by atoms with Crippen LogP contribution in [0.5, 0.6) is 5.75 Å². The molecule has 1 aromatic rings. The third-order valence-corrected chi connectivity index (χ3v) is 2.80. The summed E-state index contributed by atoms with van der Waals surface area (Å²) in [6.07, 6.45) is -4.41. The van der Waals surface area contributed by atoms with Crippen molar-refractivity contribution in [2.75, 3.05) is 13.7 Å². The molecule has 0 heterocycles. The monoisotopic (exact) mass is 291 g/mol. The minimum atomic E-state index is -4.41. The van der Waals surface area contributed by atoms with Gasteiger partial charge in [0, 0.05) is 12.1 Å². The van der Waals surface area contributed by atoms with Crippen LogP contribution in [0.1, 0.15) is 12.5 Å². The molecular formula is C13H16F3NO3. The number of halogens is 3. The van der Waals surface area contributed by atoms with Gasteiger partial charge in [0.2, 0.25) is 0 Å². The van der Waals surface area contributed by atoms with Crippen molar-refractivity contribution in [2.24, 2.45) is 0 Å². The van der Waals surface area contributed by atoms with Gasteiger partial charge in [0.1, 0.15) is 11.8 Å². The molecule has 1 N–H and O–H groups in total. The van der Waals surface area contributed by atoms with Gasteiger partial charge in [-0.25, -0.2) is 0 Å². The number of carboxylic acids is 1. The number of hydrogen-bond acceptors (Lipinski definition) is 3. The van der Waals surface area contributed by atoms with Crippen molar-refractivity contribution < 1.29 is 27.8 Å². The largest absolute Gasteiger partial charge is 0.484 e. The second-order valence-electron chi connectivity index (χ2n) is 4.44. The number of ether oxygens (including phenoxy) is 1. The van der Waals surface area contributed by atoms with Crippen LogP contribution in [0.25, 0.3) is 0 Å². The van der Waals surface area contributed by atoms with Gasteiger partial charge in [0.15, 0.2) is 6.61 Å². The Labute approximate surface area is 114 Å². The highest BCUT2D eigenvalue weighted by Gasteiger charge is 2.29. The van der Waals surface area contributed by atoms with Crippen molar-refractivity contribution >= 4 is 5.97 Å². The van der Waals surface area contributed by atoms with Crippen LogP contribution in [0, 0.1) is 0 Å². The number of para-hydroxylation sites is 1. The van der Waals surface area contributed by atoms with Crippen molar-refractivity contribution in [3.8, 4) is 5.75 Å². The lowest BCUT2D eigenvalue weighted by Crippen LogP contribution is -2.35. The van der Waals surface area contributed by atoms with Gasteiger partial charge in [-0.3, -0.25) is 9.69 Å². The van der Waals surface area contributed by atoms with E-state index >= 15 is 0 Å². The number of carbonyl (C=O) groups is 1. The summed E-state index contributed by atoms with van der Waals surface area (Å²) in [4.78, 5) is 12.4. The van der Waals surface area contributed by atoms with Gasteiger partial charge in [0.25, 0.3) is 0 Å². The summed E-state index contributed by atoms with van der Waals surface area (Å²) in [5, 5.41) is 8.89. The summed E-state index contributed by atoms with van der Waals surface area (Å²) in [5.74, 6) is -0.893. The fourth-order valence-electron chi connectivity index (χ4n) is 1.53. The molecule has 4 nitrogen and oxygen atoms in total. The molecule has 1 aromatic carbocycles. The Bertz CT molecular complexity index is 462. The Morgan fingerprint density at radius 1 is 1.40 bits per heavy atom. The number of alkyl halides is 3. The molecule has 7 heteroatoms. The van der Waals surface area contributed by atoms with Gasteiger partial charge in [-0.1, -0.05) is 18.2 Å². The van der Waals surface area contributed by atoms with Gasteiger partial charge in [-0.2, -0.15) is 13.2 Å². The fraction of sp³-hybridized carbons (Fsp3) is 0.462. The average molecular weight is 291 g/mol. The van der Waals surface area contributed by atoms with Gasteiger partial charge in [-0.05, 0) is 20.0 Å². The number of carboxylic acid groups (broad SMARTS) is 1. The molecule has 0 bridgehead atoms. The van der Waals surface area contributed by atoms with Gasteiger partial charge in [-0.15, -0.1) is 0 Å². The number of nitrogens with zero attached hydrogens (tertiary/aromatic N) is 1. The highest BCUT2D eigenvalue weighted by Crippen LogP contribution is 2.23. The van der Waals surface area contributed by atoms with E-state index in [2.05, 4.69) is 0 Å². The zero-order valence-electron chi connectivity index (χ0n) is 11.1. The van der Waals surface area contributed by atoms with Crippen LogP contribution in [0.15, 0.2) is 24.3 Å². The van der Waals surface area contributed by atoms with E-state index in [1.807, 2.05) is 0 Å². The minimum Gasteiger partial charge on any atom is -0.484 e. The van der Waals surface area contributed by atoms with Crippen LogP contribution in [0.2, 0.25) is 0 Å². The minimum absolute atomic E-state index is 0.106. The van der Waals surface area contributed by atoms with E-state index in [-0.39, 0.29) is 12.3 Å². The van der Waals surface area contributed by atoms with E-state index in [0.717, 1.165) is 0 Å². The highest BCUT2D eigenvalue weighted by atomic mass is 19.4. The molecule has 112 valence electrons. The molecule has 0 fully saturated rings. The van der Waals surface area contributed by atoms with E-state index in [4.69, 9.17) is 9.84 Å². The van der Waals surface area contributed by atoms with Crippen LogP contribution in [-0.2, 0) is 11.3 Å². The maximum absolute atomic E-state index is 12.2. The third kappa shape index (κ3) is 5.08. The SMILES string of the molecule is CC(C(=O)O)N(C)Cc1ccccc1OCC(F)(F)F. The Morgan fingerprint density at radius 3 is 2.55 bits per heavy atom. The maximum atomic E-state index is 12.2. The summed E-state index contributed by atoms with van der Waals surface area (Å²) >= 11 is 0. The van der Waals surface area contributed by atoms with Crippen molar-refractivity contribution in [1.82, 2.24) is 4.90 Å². The molecule has 0 aliphatic heterocycles. The number of rotatable bonds is 6. The molecule has 1 atom stereocenters. The first kappa shape index (κ1) is 16.3. The first-order chi connectivity index (χ1) is 9.20. The van der Waals surface area contributed by atoms with Crippen LogP contribution in [0.3, 0.4) is 0 Å². The predicted octanol–water partition coefficient (Wildman–Crippen LogP) is 2.53. The van der Waals surface area contributed by atoms with Crippen LogP contribution < -0.4 is 4.74 Å². The van der Waals surface area contributed by atoms with E-state index in [9.17, 15) is 18.0 Å². The lowest BCUT2D eigenvalue weighted by atomic mass is 10.1. The van der Waals surface area contributed by atoms with E-state index < -0.39 is 24.8 Å². The fourth-order valence-corrected chi connectivity index (χ4v) is 1.53. The third-order valence-electron chi connectivity index (χ3n) is 2.80. The molecule has 0 spiro atoms. The first-order valence-corrected chi connectivity index (χ1v) is 5.91. The van der Waals surface area contributed by atoms with E-state index in [0.29, 0.717) is 5.56 Å². The zero-order chi connectivity index (χ0) is 15.3. The Kier molecular flexibility index (Phi) is 5.38. The van der Waals surface area contributed by atoms with Crippen LogP contribution in [0.4, 0.5) is 13.2 Å². The molecule has 1 unspecified atom stereocenters. The van der Waals surface area contributed by atoms with Crippen molar-refractivity contribution in [2.45, 2.75) is 25.7 Å². The van der Waals surface area contributed by atoms with Crippen molar-refractivity contribution in [1.29, 1.82) is 0 Å². The molecule has 0 saturated heterocycles. The average Bonchev–Trinajstić information content (AvgIpc) is 2.35. The Morgan fingerprint density at radius 2 is 2.00 bits per heavy atom. The quantitative estimate of drug-likeness (QED) is 0.875. The molecule has 0 amide bonds. The summed E-state index contributed by atoms with van der Waals surface area (Å²) in [6.45, 7) is 0.311. The highest BCUT2D eigenvalue weighted by molar-refractivity contribution is 5.72. The number of aliphatic carboxylic acids is 1. The summed E-state index contributed by atoms with van der Waals surface area (Å²) in [5.41, 5.74) is 0.507. The lowest BCUT2D eigenvalue weighted by Gasteiger charge is -2.22. The number of likely N-dealkylation sites (N-methyl/N-ethyl adjacent to an activating group) is 1. The Hall–Kier alpha value is -1.76. The molecular weight excluding hydrogens is 275 g/mol. The van der Waals surface area contributed by atoms with Crippen LogP contribution in [-0.4, -0.2) is 41.8 Å².